The van der Waals surface area contributed by atoms with E-state index in [9.17, 15) is 13.2 Å². The van der Waals surface area contributed by atoms with Crippen molar-refractivity contribution in [2.24, 2.45) is 0 Å². The minimum atomic E-state index is -3.40. The van der Waals surface area contributed by atoms with Crippen LogP contribution in [0.25, 0.3) is 5.69 Å². The lowest BCUT2D eigenvalue weighted by Gasteiger charge is -2.19. The Morgan fingerprint density at radius 1 is 1.25 bits per heavy atom. The Balaban J connectivity index is 1.58. The van der Waals surface area contributed by atoms with Crippen molar-refractivity contribution < 1.29 is 13.2 Å². The van der Waals surface area contributed by atoms with Gasteiger partial charge in [0.1, 0.15) is 0 Å². The number of pyridine rings is 1. The van der Waals surface area contributed by atoms with Gasteiger partial charge in [-0.3, -0.25) is 4.79 Å². The molecule has 1 atom stereocenters. The van der Waals surface area contributed by atoms with E-state index in [1.54, 1.807) is 28.9 Å². The zero-order valence-electron chi connectivity index (χ0n) is 18.0. The highest BCUT2D eigenvalue weighted by Gasteiger charge is 2.38. The van der Waals surface area contributed by atoms with Crippen LogP contribution in [0.2, 0.25) is 5.02 Å². The fraction of sp³-hybridized carbons (Fsp3) is 0.348. The summed E-state index contributed by atoms with van der Waals surface area (Å²) in [5.41, 5.74) is 2.70. The molecule has 1 aromatic carbocycles. The van der Waals surface area contributed by atoms with Crippen LogP contribution in [0.15, 0.2) is 53.8 Å². The van der Waals surface area contributed by atoms with Gasteiger partial charge in [-0.15, -0.1) is 0 Å². The normalized spacial score (nSPS) is 14.8. The fourth-order valence-corrected chi connectivity index (χ4v) is 5.40. The first kappa shape index (κ1) is 22.5. The molecule has 1 amide bonds. The molecule has 1 aliphatic rings. The molecule has 1 aliphatic carbocycles. The van der Waals surface area contributed by atoms with E-state index in [1.807, 2.05) is 26.0 Å². The number of sulfone groups is 1. The predicted octanol–water partition coefficient (Wildman–Crippen LogP) is 4.44. The summed E-state index contributed by atoms with van der Waals surface area (Å²) < 4.78 is 26.9. The molecule has 0 aliphatic heterocycles. The fourth-order valence-electron chi connectivity index (χ4n) is 3.67. The molecule has 0 saturated heterocycles. The summed E-state index contributed by atoms with van der Waals surface area (Å²) >= 11 is 5.96. The Kier molecular flexibility index (Phi) is 6.35. The maximum atomic E-state index is 13.1. The number of benzene rings is 1. The molecule has 9 heteroatoms. The van der Waals surface area contributed by atoms with Gasteiger partial charge in [-0.05, 0) is 68.1 Å². The molecule has 7 nitrogen and oxygen atoms in total. The van der Waals surface area contributed by atoms with E-state index in [0.29, 0.717) is 35.5 Å². The second kappa shape index (κ2) is 9.03. The van der Waals surface area contributed by atoms with Crippen molar-refractivity contribution in [2.45, 2.75) is 55.8 Å². The lowest BCUT2D eigenvalue weighted by atomic mass is 10.0. The summed E-state index contributed by atoms with van der Waals surface area (Å²) in [7, 11) is -3.40. The van der Waals surface area contributed by atoms with Crippen LogP contribution < -0.4 is 5.32 Å². The second-order valence-electron chi connectivity index (χ2n) is 8.02. The SMILES string of the molecule is CCCC(NC(=O)c1cnn(-c2ccc(Cl)cc2)c1C)c1ccnc(S(=O)(=O)C2CC2)c1. The topological polar surface area (TPSA) is 93.9 Å². The summed E-state index contributed by atoms with van der Waals surface area (Å²) in [5.74, 6) is -0.260. The lowest BCUT2D eigenvalue weighted by Crippen LogP contribution is -2.29. The number of nitrogens with one attached hydrogen (secondary N) is 1. The molecule has 0 bridgehead atoms. The van der Waals surface area contributed by atoms with Gasteiger partial charge in [-0.2, -0.15) is 5.10 Å². The molecular weight excluding hydrogens is 448 g/mol. The zero-order valence-corrected chi connectivity index (χ0v) is 19.5. The molecule has 168 valence electrons. The van der Waals surface area contributed by atoms with Crippen LogP contribution in [-0.4, -0.2) is 34.3 Å². The Bertz CT molecular complexity index is 1230. The lowest BCUT2D eigenvalue weighted by molar-refractivity contribution is 0.0933. The first-order valence-corrected chi connectivity index (χ1v) is 12.5. The summed E-state index contributed by atoms with van der Waals surface area (Å²) in [6.45, 7) is 3.85. The Morgan fingerprint density at radius 3 is 2.62 bits per heavy atom. The number of carbonyl (C=O) groups is 1. The Hall–Kier alpha value is -2.71. The number of rotatable bonds is 8. The van der Waals surface area contributed by atoms with Crippen molar-refractivity contribution in [1.29, 1.82) is 0 Å². The third-order valence-electron chi connectivity index (χ3n) is 5.62. The van der Waals surface area contributed by atoms with Gasteiger partial charge in [-0.25, -0.2) is 18.1 Å². The van der Waals surface area contributed by atoms with Crippen molar-refractivity contribution in [3.8, 4) is 5.69 Å². The van der Waals surface area contributed by atoms with E-state index in [-0.39, 0.29) is 22.2 Å². The molecule has 1 saturated carbocycles. The standard InChI is InChI=1S/C23H25ClN4O3S/c1-3-4-21(16-11-12-25-22(13-16)32(30,31)19-9-10-19)27-23(29)20-14-26-28(15(20)2)18-7-5-17(24)6-8-18/h5-8,11-14,19,21H,3-4,9-10H2,1-2H3,(H,27,29). The van der Waals surface area contributed by atoms with Crippen molar-refractivity contribution in [3.05, 3.63) is 70.6 Å². The summed E-state index contributed by atoms with van der Waals surface area (Å²) in [5, 5.41) is 7.79. The third-order valence-corrected chi connectivity index (χ3v) is 8.03. The number of amides is 1. The van der Waals surface area contributed by atoms with Crippen molar-refractivity contribution in [2.75, 3.05) is 0 Å². The van der Waals surface area contributed by atoms with E-state index in [1.165, 1.54) is 12.4 Å². The van der Waals surface area contributed by atoms with Gasteiger partial charge in [0.2, 0.25) is 0 Å². The highest BCUT2D eigenvalue weighted by atomic mass is 35.5. The number of hydrogen-bond acceptors (Lipinski definition) is 5. The maximum absolute atomic E-state index is 13.1. The van der Waals surface area contributed by atoms with Crippen LogP contribution in [0.4, 0.5) is 0 Å². The van der Waals surface area contributed by atoms with Gasteiger partial charge in [0, 0.05) is 11.2 Å². The van der Waals surface area contributed by atoms with Crippen LogP contribution in [-0.2, 0) is 9.84 Å². The van der Waals surface area contributed by atoms with Gasteiger partial charge in [0.25, 0.3) is 5.91 Å². The second-order valence-corrected chi connectivity index (χ2v) is 10.6. The van der Waals surface area contributed by atoms with Crippen LogP contribution in [0.1, 0.15) is 60.3 Å². The van der Waals surface area contributed by atoms with E-state index in [2.05, 4.69) is 15.4 Å². The van der Waals surface area contributed by atoms with Gasteiger partial charge in [0.15, 0.2) is 14.9 Å². The van der Waals surface area contributed by atoms with Crippen LogP contribution in [0.5, 0.6) is 0 Å². The van der Waals surface area contributed by atoms with Crippen molar-refractivity contribution in [1.82, 2.24) is 20.1 Å². The predicted molar refractivity (Wildman–Crippen MR) is 123 cm³/mol. The molecule has 1 fully saturated rings. The van der Waals surface area contributed by atoms with E-state index >= 15 is 0 Å². The Morgan fingerprint density at radius 2 is 1.97 bits per heavy atom. The monoisotopic (exact) mass is 472 g/mol. The maximum Gasteiger partial charge on any atom is 0.255 e. The summed E-state index contributed by atoms with van der Waals surface area (Å²) in [6, 6.07) is 10.2. The third kappa shape index (κ3) is 4.56. The smallest absolute Gasteiger partial charge is 0.255 e. The molecular formula is C23H25ClN4O3S. The molecule has 1 unspecified atom stereocenters. The molecule has 3 aromatic rings. The van der Waals surface area contributed by atoms with Crippen molar-refractivity contribution >= 4 is 27.3 Å². The number of carbonyl (C=O) groups excluding carboxylic acids is 1. The van der Waals surface area contributed by atoms with Gasteiger partial charge >= 0.3 is 0 Å². The van der Waals surface area contributed by atoms with Gasteiger partial charge in [0.05, 0.1) is 34.4 Å². The first-order chi connectivity index (χ1) is 15.3. The number of hydrogen-bond donors (Lipinski definition) is 1. The van der Waals surface area contributed by atoms with Gasteiger partial charge in [-0.1, -0.05) is 24.9 Å². The first-order valence-electron chi connectivity index (χ1n) is 10.6. The van der Waals surface area contributed by atoms with Gasteiger partial charge < -0.3 is 5.32 Å². The molecule has 2 heterocycles. The van der Waals surface area contributed by atoms with Crippen LogP contribution in [0, 0.1) is 6.92 Å². The number of aromatic nitrogens is 3. The van der Waals surface area contributed by atoms with E-state index < -0.39 is 9.84 Å². The minimum absolute atomic E-state index is 0.0830. The van der Waals surface area contributed by atoms with Crippen molar-refractivity contribution in [3.63, 3.8) is 0 Å². The zero-order chi connectivity index (χ0) is 22.9. The quantitative estimate of drug-likeness (QED) is 0.523. The highest BCUT2D eigenvalue weighted by molar-refractivity contribution is 7.92. The van der Waals surface area contributed by atoms with E-state index in [0.717, 1.165) is 17.7 Å². The molecule has 4 rings (SSSR count). The molecule has 1 N–H and O–H groups in total. The summed E-state index contributed by atoms with van der Waals surface area (Å²) in [4.78, 5) is 17.2. The summed E-state index contributed by atoms with van der Waals surface area (Å²) in [6.07, 6.45) is 5.89. The molecule has 0 radical (unpaired) electrons. The molecule has 32 heavy (non-hydrogen) atoms. The number of halogens is 1. The van der Waals surface area contributed by atoms with Crippen LogP contribution in [0.3, 0.4) is 0 Å². The van der Waals surface area contributed by atoms with Crippen LogP contribution >= 0.6 is 11.6 Å². The average Bonchev–Trinajstić information content (AvgIpc) is 3.57. The Labute approximate surface area is 192 Å². The average molecular weight is 473 g/mol. The highest BCUT2D eigenvalue weighted by Crippen LogP contribution is 2.33. The minimum Gasteiger partial charge on any atom is -0.345 e. The molecule has 0 spiro atoms. The largest absolute Gasteiger partial charge is 0.345 e. The molecule has 2 aromatic heterocycles. The van der Waals surface area contributed by atoms with E-state index in [4.69, 9.17) is 11.6 Å². The number of nitrogens with zero attached hydrogens (tertiary/aromatic N) is 3.